The number of aryl methyl sites for hydroxylation is 1. The van der Waals surface area contributed by atoms with Gasteiger partial charge in [-0.2, -0.15) is 5.10 Å². The lowest BCUT2D eigenvalue weighted by molar-refractivity contribution is 1.12. The zero-order valence-corrected chi connectivity index (χ0v) is 10.7. The van der Waals surface area contributed by atoms with E-state index in [1.807, 2.05) is 24.4 Å². The van der Waals surface area contributed by atoms with Crippen LogP contribution in [0.2, 0.25) is 0 Å². The minimum absolute atomic E-state index is 0.761. The number of nitrogens with zero attached hydrogens (tertiary/aromatic N) is 2. The Morgan fingerprint density at radius 3 is 3.06 bits per heavy atom. The topological polar surface area (TPSA) is 67.6 Å². The van der Waals surface area contributed by atoms with Gasteiger partial charge in [-0.25, -0.2) is 4.98 Å². The largest absolute Gasteiger partial charge is 0.398 e. The van der Waals surface area contributed by atoms with Crippen molar-refractivity contribution in [2.24, 2.45) is 0 Å². The number of fused-ring (bicyclic) bond motifs is 1. The summed E-state index contributed by atoms with van der Waals surface area (Å²) in [6, 6.07) is 3.95. The average molecular weight is 262 g/mol. The van der Waals surface area contributed by atoms with E-state index in [1.54, 1.807) is 29.3 Å². The summed E-state index contributed by atoms with van der Waals surface area (Å²) in [4.78, 5) is 5.43. The molecule has 0 bridgehead atoms. The maximum atomic E-state index is 6.01. The molecule has 0 radical (unpaired) electrons. The summed E-state index contributed by atoms with van der Waals surface area (Å²) in [7, 11) is 0. The number of benzene rings is 1. The minimum Gasteiger partial charge on any atom is -0.398 e. The van der Waals surface area contributed by atoms with E-state index >= 15 is 0 Å². The Bertz CT molecular complexity index is 671. The summed E-state index contributed by atoms with van der Waals surface area (Å²) in [6.07, 6.45) is 1.77. The molecule has 0 aliphatic heterocycles. The summed E-state index contributed by atoms with van der Waals surface area (Å²) >= 11 is 3.22. The van der Waals surface area contributed by atoms with E-state index in [1.165, 1.54) is 0 Å². The molecule has 6 heteroatoms. The van der Waals surface area contributed by atoms with E-state index in [-0.39, 0.29) is 0 Å². The first-order valence-electron chi connectivity index (χ1n) is 5.05. The van der Waals surface area contributed by atoms with Crippen molar-refractivity contribution in [1.29, 1.82) is 0 Å². The molecule has 1 aromatic carbocycles. The number of nitrogen functional groups attached to an aromatic ring is 1. The molecule has 3 aromatic rings. The normalized spacial score (nSPS) is 11.1. The third-order valence-electron chi connectivity index (χ3n) is 2.37. The fourth-order valence-corrected chi connectivity index (χ4v) is 3.41. The molecule has 4 nitrogen and oxygen atoms in total. The maximum absolute atomic E-state index is 6.01. The molecule has 0 saturated heterocycles. The number of nitrogens with two attached hydrogens (primary N) is 1. The molecule has 0 unspecified atom stereocenters. The van der Waals surface area contributed by atoms with Crippen LogP contribution < -0.4 is 5.73 Å². The number of nitrogens with one attached hydrogen (secondary N) is 1. The monoisotopic (exact) mass is 262 g/mol. The quantitative estimate of drug-likeness (QED) is 0.696. The van der Waals surface area contributed by atoms with Gasteiger partial charge in [0.15, 0.2) is 4.34 Å². The van der Waals surface area contributed by atoms with Gasteiger partial charge in [0, 0.05) is 27.0 Å². The molecule has 0 saturated carbocycles. The molecule has 3 N–H and O–H groups in total. The molecule has 0 aliphatic carbocycles. The molecule has 86 valence electrons. The van der Waals surface area contributed by atoms with E-state index in [9.17, 15) is 0 Å². The molecule has 0 fully saturated rings. The Morgan fingerprint density at radius 1 is 1.41 bits per heavy atom. The van der Waals surface area contributed by atoms with Crippen molar-refractivity contribution in [3.63, 3.8) is 0 Å². The van der Waals surface area contributed by atoms with Crippen molar-refractivity contribution in [1.82, 2.24) is 15.2 Å². The molecule has 0 aliphatic rings. The molecular formula is C11H10N4S2. The first kappa shape index (κ1) is 10.6. The number of H-pyrrole nitrogens is 1. The van der Waals surface area contributed by atoms with Crippen molar-refractivity contribution < 1.29 is 0 Å². The molecule has 2 heterocycles. The van der Waals surface area contributed by atoms with E-state index in [0.717, 1.165) is 31.5 Å². The van der Waals surface area contributed by atoms with Crippen molar-refractivity contribution in [2.45, 2.75) is 16.2 Å². The number of rotatable bonds is 2. The van der Waals surface area contributed by atoms with Gasteiger partial charge in [-0.15, -0.1) is 11.3 Å². The predicted molar refractivity (Wildman–Crippen MR) is 71.5 cm³/mol. The Kier molecular flexibility index (Phi) is 2.53. The highest BCUT2D eigenvalue weighted by molar-refractivity contribution is 8.01. The van der Waals surface area contributed by atoms with Crippen LogP contribution in [-0.2, 0) is 0 Å². The second-order valence-electron chi connectivity index (χ2n) is 3.70. The Morgan fingerprint density at radius 2 is 2.29 bits per heavy atom. The highest BCUT2D eigenvalue weighted by Gasteiger charge is 2.07. The summed E-state index contributed by atoms with van der Waals surface area (Å²) in [5, 5.41) is 10.00. The van der Waals surface area contributed by atoms with Gasteiger partial charge >= 0.3 is 0 Å². The SMILES string of the molecule is Cc1csc(Sc2cc3[nH]ncc3cc2N)n1. The average Bonchev–Trinajstić information content (AvgIpc) is 2.88. The van der Waals surface area contributed by atoms with E-state index in [4.69, 9.17) is 5.73 Å². The van der Waals surface area contributed by atoms with Gasteiger partial charge in [0.25, 0.3) is 0 Å². The molecule has 2 aromatic heterocycles. The number of hydrogen-bond acceptors (Lipinski definition) is 5. The smallest absolute Gasteiger partial charge is 0.154 e. The molecule has 0 atom stereocenters. The fraction of sp³-hybridized carbons (Fsp3) is 0.0909. The minimum atomic E-state index is 0.761. The van der Waals surface area contributed by atoms with Crippen molar-refractivity contribution in [3.8, 4) is 0 Å². The lowest BCUT2D eigenvalue weighted by Crippen LogP contribution is -1.88. The van der Waals surface area contributed by atoms with Crippen LogP contribution in [-0.4, -0.2) is 15.2 Å². The van der Waals surface area contributed by atoms with E-state index in [2.05, 4.69) is 15.2 Å². The zero-order chi connectivity index (χ0) is 11.8. The zero-order valence-electron chi connectivity index (χ0n) is 9.10. The van der Waals surface area contributed by atoms with Gasteiger partial charge in [0.05, 0.1) is 11.7 Å². The first-order chi connectivity index (χ1) is 8.22. The summed E-state index contributed by atoms with van der Waals surface area (Å²) < 4.78 is 1.01. The number of aromatic amines is 1. The summed E-state index contributed by atoms with van der Waals surface area (Å²) in [5.74, 6) is 0. The summed E-state index contributed by atoms with van der Waals surface area (Å²) in [6.45, 7) is 1.99. The standard InChI is InChI=1S/C11H10N4S2/c1-6-5-16-11(14-6)17-10-3-9-7(2-8(10)12)4-13-15-9/h2-5H,12H2,1H3,(H,13,15). The Labute approximate surface area is 106 Å². The van der Waals surface area contributed by atoms with Crippen LogP contribution in [0.15, 0.2) is 32.9 Å². The maximum Gasteiger partial charge on any atom is 0.154 e. The molecule has 17 heavy (non-hydrogen) atoms. The van der Waals surface area contributed by atoms with Gasteiger partial charge < -0.3 is 5.73 Å². The van der Waals surface area contributed by atoms with Crippen LogP contribution in [0.1, 0.15) is 5.69 Å². The first-order valence-corrected chi connectivity index (χ1v) is 6.74. The van der Waals surface area contributed by atoms with Crippen molar-refractivity contribution in [2.75, 3.05) is 5.73 Å². The van der Waals surface area contributed by atoms with Crippen LogP contribution >= 0.6 is 23.1 Å². The highest BCUT2D eigenvalue weighted by atomic mass is 32.2. The van der Waals surface area contributed by atoms with Crippen LogP contribution in [0.4, 0.5) is 5.69 Å². The van der Waals surface area contributed by atoms with E-state index < -0.39 is 0 Å². The summed E-state index contributed by atoms with van der Waals surface area (Å²) in [5.41, 5.74) is 8.81. The number of hydrogen-bond donors (Lipinski definition) is 2. The van der Waals surface area contributed by atoms with Gasteiger partial charge in [-0.05, 0) is 19.1 Å². The Balaban J connectivity index is 2.01. The second-order valence-corrected chi connectivity index (χ2v) is 5.85. The second kappa shape index (κ2) is 4.05. The van der Waals surface area contributed by atoms with Crippen molar-refractivity contribution >= 4 is 39.7 Å². The van der Waals surface area contributed by atoms with E-state index in [0.29, 0.717) is 0 Å². The molecule has 0 amide bonds. The number of anilines is 1. The highest BCUT2D eigenvalue weighted by Crippen LogP contribution is 2.35. The number of thiazole rings is 1. The van der Waals surface area contributed by atoms with Crippen molar-refractivity contribution in [3.05, 3.63) is 29.4 Å². The Hall–Kier alpha value is -1.53. The van der Waals surface area contributed by atoms with Gasteiger partial charge in [0.1, 0.15) is 0 Å². The predicted octanol–water partition coefficient (Wildman–Crippen LogP) is 3.06. The van der Waals surface area contributed by atoms with Crippen LogP contribution in [0, 0.1) is 6.92 Å². The van der Waals surface area contributed by atoms with Gasteiger partial charge in [-0.3, -0.25) is 5.10 Å². The van der Waals surface area contributed by atoms with Crippen LogP contribution in [0.3, 0.4) is 0 Å². The third kappa shape index (κ3) is 2.01. The van der Waals surface area contributed by atoms with Crippen LogP contribution in [0.25, 0.3) is 10.9 Å². The van der Waals surface area contributed by atoms with Gasteiger partial charge in [0.2, 0.25) is 0 Å². The number of aromatic nitrogens is 3. The molecular weight excluding hydrogens is 252 g/mol. The molecule has 3 rings (SSSR count). The molecule has 0 spiro atoms. The lowest BCUT2D eigenvalue weighted by atomic mass is 10.2. The fourth-order valence-electron chi connectivity index (χ4n) is 1.55. The van der Waals surface area contributed by atoms with Gasteiger partial charge in [-0.1, -0.05) is 11.8 Å². The third-order valence-corrected chi connectivity index (χ3v) is 4.50. The van der Waals surface area contributed by atoms with Crippen LogP contribution in [0.5, 0.6) is 0 Å². The lowest BCUT2D eigenvalue weighted by Gasteiger charge is -2.02.